The maximum absolute atomic E-state index is 9.96. The highest BCUT2D eigenvalue weighted by Gasteiger charge is 2.06. The van der Waals surface area contributed by atoms with Crippen LogP contribution in [0, 0.1) is 0 Å². The van der Waals surface area contributed by atoms with Crippen LogP contribution in [-0.2, 0) is 6.54 Å². The Bertz CT molecular complexity index is 1210. The molecular weight excluding hydrogens is 414 g/mol. The Morgan fingerprint density at radius 2 is 1.66 bits per heavy atom. The summed E-state index contributed by atoms with van der Waals surface area (Å²) in [5.74, 6) is 0. The Balaban J connectivity index is 0.000000167. The molecule has 4 aromatic heterocycles. The van der Waals surface area contributed by atoms with Crippen LogP contribution in [0.4, 0.5) is 4.39 Å². The van der Waals surface area contributed by atoms with Gasteiger partial charge in [0, 0.05) is 18.9 Å². The fourth-order valence-corrected chi connectivity index (χ4v) is 3.11. The summed E-state index contributed by atoms with van der Waals surface area (Å²) in [6, 6.07) is 14.0. The maximum Gasteiger partial charge on any atom is 0.145 e. The van der Waals surface area contributed by atoms with E-state index >= 15 is 0 Å². The Hall–Kier alpha value is -3.03. The lowest BCUT2D eigenvalue weighted by Gasteiger charge is -2.04. The highest BCUT2D eigenvalue weighted by molar-refractivity contribution is 6.34. The van der Waals surface area contributed by atoms with Gasteiger partial charge in [-0.3, -0.25) is 4.39 Å². The van der Waals surface area contributed by atoms with Crippen LogP contribution in [0.25, 0.3) is 22.1 Å². The van der Waals surface area contributed by atoms with Crippen LogP contribution in [0.3, 0.4) is 0 Å². The van der Waals surface area contributed by atoms with Crippen molar-refractivity contribution in [1.82, 2.24) is 29.5 Å². The van der Waals surface area contributed by atoms with E-state index in [4.69, 9.17) is 24.6 Å². The van der Waals surface area contributed by atoms with Gasteiger partial charge in [-0.15, -0.1) is 0 Å². The van der Waals surface area contributed by atoms with Crippen molar-refractivity contribution in [2.24, 2.45) is 0 Å². The molecule has 29 heavy (non-hydrogen) atoms. The lowest BCUT2D eigenvalue weighted by atomic mass is 10.2. The molecule has 0 aliphatic rings. The largest absolute Gasteiger partial charge is 0.346 e. The summed E-state index contributed by atoms with van der Waals surface area (Å²) in [7, 11) is -1.00. The fraction of sp³-hybridized carbons (Fsp3) is 0.100. The molecule has 1 aromatic carbocycles. The van der Waals surface area contributed by atoms with Crippen molar-refractivity contribution in [2.75, 3.05) is 7.15 Å². The van der Waals surface area contributed by atoms with E-state index in [2.05, 4.69) is 41.6 Å². The molecule has 0 saturated carbocycles. The van der Waals surface area contributed by atoms with Gasteiger partial charge in [-0.2, -0.15) is 0 Å². The molecule has 5 aromatic rings. The second-order valence-electron chi connectivity index (χ2n) is 5.74. The van der Waals surface area contributed by atoms with Crippen LogP contribution >= 0.6 is 23.2 Å². The highest BCUT2D eigenvalue weighted by Crippen LogP contribution is 2.20. The SMILES string of the molecule is Clc1ncnc2[nH]ccc12.Clc1ncnc2c1ccn2Cc1ccccc1.[2H]CF. The second kappa shape index (κ2) is 9.95. The summed E-state index contributed by atoms with van der Waals surface area (Å²) < 4.78 is 17.6. The first kappa shape index (κ1) is 19.3. The van der Waals surface area contributed by atoms with Gasteiger partial charge in [-0.05, 0) is 17.7 Å². The molecule has 148 valence electrons. The first-order valence-corrected chi connectivity index (χ1v) is 9.17. The maximum atomic E-state index is 9.96. The van der Waals surface area contributed by atoms with E-state index in [1.54, 1.807) is 6.20 Å². The Labute approximate surface area is 177 Å². The van der Waals surface area contributed by atoms with Gasteiger partial charge < -0.3 is 9.55 Å². The first-order chi connectivity index (χ1) is 14.6. The van der Waals surface area contributed by atoms with Crippen molar-refractivity contribution >= 4 is 45.3 Å². The quantitative estimate of drug-likeness (QED) is 0.383. The van der Waals surface area contributed by atoms with Crippen molar-refractivity contribution in [3.63, 3.8) is 0 Å². The number of hydrogen-bond donors (Lipinski definition) is 1. The molecule has 5 rings (SSSR count). The first-order valence-electron chi connectivity index (χ1n) is 9.12. The summed E-state index contributed by atoms with van der Waals surface area (Å²) in [6.45, 7) is 0.789. The van der Waals surface area contributed by atoms with Crippen LogP contribution in [0.15, 0.2) is 67.5 Å². The highest BCUT2D eigenvalue weighted by atomic mass is 35.5. The topological polar surface area (TPSA) is 72.3 Å². The number of rotatable bonds is 2. The minimum absolute atomic E-state index is 0.492. The molecule has 6 nitrogen and oxygen atoms in total. The van der Waals surface area contributed by atoms with E-state index in [0.717, 1.165) is 28.6 Å². The van der Waals surface area contributed by atoms with Crippen LogP contribution in [0.1, 0.15) is 6.93 Å². The zero-order chi connectivity index (χ0) is 21.3. The van der Waals surface area contributed by atoms with Crippen molar-refractivity contribution in [1.29, 1.82) is 0 Å². The van der Waals surface area contributed by atoms with Crippen LogP contribution in [0.5, 0.6) is 0 Å². The number of benzene rings is 1. The van der Waals surface area contributed by atoms with Gasteiger partial charge >= 0.3 is 0 Å². The van der Waals surface area contributed by atoms with Gasteiger partial charge in [0.1, 0.15) is 34.3 Å². The average Bonchev–Trinajstić information content (AvgIpc) is 3.39. The minimum Gasteiger partial charge on any atom is -0.346 e. The molecule has 0 radical (unpaired) electrons. The van der Waals surface area contributed by atoms with Gasteiger partial charge in [0.05, 0.1) is 19.3 Å². The predicted octanol–water partition coefficient (Wildman–Crippen LogP) is 5.33. The van der Waals surface area contributed by atoms with E-state index in [-0.39, 0.29) is 0 Å². The molecule has 0 bridgehead atoms. The summed E-state index contributed by atoms with van der Waals surface area (Å²) in [5.41, 5.74) is 2.88. The second-order valence-corrected chi connectivity index (χ2v) is 6.45. The molecule has 0 atom stereocenters. The third-order valence-electron chi connectivity index (χ3n) is 4.01. The third-order valence-corrected chi connectivity index (χ3v) is 4.61. The van der Waals surface area contributed by atoms with Crippen LogP contribution in [0.2, 0.25) is 10.3 Å². The Morgan fingerprint density at radius 1 is 0.966 bits per heavy atom. The number of hydrogen-bond acceptors (Lipinski definition) is 4. The molecule has 0 aliphatic carbocycles. The smallest absolute Gasteiger partial charge is 0.145 e. The van der Waals surface area contributed by atoms with Gasteiger partial charge in [0.15, 0.2) is 0 Å². The lowest BCUT2D eigenvalue weighted by molar-refractivity contribution is 0.636. The monoisotopic (exact) mass is 431 g/mol. The van der Waals surface area contributed by atoms with E-state index in [1.165, 1.54) is 18.2 Å². The summed E-state index contributed by atoms with van der Waals surface area (Å²) in [6.07, 6.45) is 6.69. The van der Waals surface area contributed by atoms with Crippen LogP contribution in [-0.4, -0.2) is 36.6 Å². The molecular formula is C20H17Cl2FN6. The summed E-state index contributed by atoms with van der Waals surface area (Å²) in [4.78, 5) is 18.9. The van der Waals surface area contributed by atoms with Gasteiger partial charge in [-0.25, -0.2) is 19.9 Å². The fourth-order valence-electron chi connectivity index (χ4n) is 2.72. The van der Waals surface area contributed by atoms with Crippen LogP contribution < -0.4 is 0 Å². The number of aromatic nitrogens is 6. The van der Waals surface area contributed by atoms with Gasteiger partial charge in [0.2, 0.25) is 0 Å². The standard InChI is InChI=1S/C13H10ClN3.C6H4ClN3.CH3F/c14-12-11-6-7-17(13(11)16-9-15-12)8-10-4-2-1-3-5-10;7-5-4-1-2-8-6(4)10-3-9-5;1-2/h1-7,9H,8H2;1-3H,(H,8,9,10);1H3/i;;1D. The molecule has 9 heteroatoms. The number of nitrogens with zero attached hydrogens (tertiary/aromatic N) is 5. The molecule has 4 heterocycles. The zero-order valence-corrected chi connectivity index (χ0v) is 16.6. The average molecular weight is 432 g/mol. The van der Waals surface area contributed by atoms with Crippen molar-refractivity contribution in [3.05, 3.63) is 83.4 Å². The number of alkyl halides is 1. The molecule has 0 fully saturated rings. The molecule has 0 saturated heterocycles. The van der Waals surface area contributed by atoms with E-state index in [9.17, 15) is 4.39 Å². The zero-order valence-electron chi connectivity index (χ0n) is 16.1. The normalized spacial score (nSPS) is 10.7. The minimum atomic E-state index is -1.00. The number of H-pyrrole nitrogens is 1. The van der Waals surface area contributed by atoms with Crippen molar-refractivity contribution in [3.8, 4) is 0 Å². The van der Waals surface area contributed by atoms with E-state index in [0.29, 0.717) is 10.3 Å². The predicted molar refractivity (Wildman–Crippen MR) is 114 cm³/mol. The molecule has 0 unspecified atom stereocenters. The number of nitrogens with one attached hydrogen (secondary N) is 1. The van der Waals surface area contributed by atoms with Gasteiger partial charge in [0.25, 0.3) is 0 Å². The van der Waals surface area contributed by atoms with E-state index in [1.807, 2.05) is 36.5 Å². The molecule has 0 spiro atoms. The number of aromatic amines is 1. The third kappa shape index (κ3) is 4.88. The Morgan fingerprint density at radius 3 is 2.38 bits per heavy atom. The van der Waals surface area contributed by atoms with Crippen molar-refractivity contribution < 1.29 is 5.76 Å². The van der Waals surface area contributed by atoms with Crippen molar-refractivity contribution in [2.45, 2.75) is 6.54 Å². The van der Waals surface area contributed by atoms with Gasteiger partial charge in [-0.1, -0.05) is 53.5 Å². The molecule has 0 amide bonds. The summed E-state index contributed by atoms with van der Waals surface area (Å²) in [5, 5.41) is 2.75. The summed E-state index contributed by atoms with van der Waals surface area (Å²) >= 11 is 11.7. The molecule has 1 N–H and O–H groups in total. The lowest BCUT2D eigenvalue weighted by Crippen LogP contribution is -1.99. The molecule has 0 aliphatic heterocycles. The Kier molecular flexibility index (Phi) is 6.62. The van der Waals surface area contributed by atoms with E-state index < -0.39 is 7.15 Å². The number of halogens is 3. The number of fused-ring (bicyclic) bond motifs is 2.